The molecule has 0 bridgehead atoms. The number of rotatable bonds is 10. The van der Waals surface area contributed by atoms with Gasteiger partial charge in [-0.15, -0.1) is 0 Å². The maximum Gasteiger partial charge on any atom is 0.327 e. The molecule has 1 rings (SSSR count). The molecule has 0 heterocycles. The van der Waals surface area contributed by atoms with Gasteiger partial charge in [0.05, 0.1) is 20.1 Å². The van der Waals surface area contributed by atoms with E-state index < -0.39 is 11.6 Å². The van der Waals surface area contributed by atoms with E-state index >= 15 is 0 Å². The van der Waals surface area contributed by atoms with Crippen LogP contribution in [0.1, 0.15) is 85.5 Å². The van der Waals surface area contributed by atoms with E-state index in [1.165, 1.54) is 45.6 Å². The van der Waals surface area contributed by atoms with Crippen LogP contribution in [0.2, 0.25) is 0 Å². The Morgan fingerprint density at radius 1 is 1.11 bits per heavy atom. The molecule has 0 amide bonds. The third kappa shape index (κ3) is 10.7. The van der Waals surface area contributed by atoms with Crippen LogP contribution < -0.4 is 0 Å². The molecule has 0 aliphatic heterocycles. The van der Waals surface area contributed by atoms with Gasteiger partial charge in [0.25, 0.3) is 0 Å². The highest BCUT2D eigenvalue weighted by Gasteiger charge is 2.25. The van der Waals surface area contributed by atoms with Crippen LogP contribution >= 0.6 is 0 Å². The van der Waals surface area contributed by atoms with Gasteiger partial charge in [-0.1, -0.05) is 44.9 Å². The second-order valence-electron chi connectivity index (χ2n) is 8.59. The summed E-state index contributed by atoms with van der Waals surface area (Å²) >= 11 is 0. The fraction of sp³-hybridized carbons (Fsp3) is 0.864. The first kappa shape index (κ1) is 24.4. The van der Waals surface area contributed by atoms with Crippen molar-refractivity contribution in [1.29, 1.82) is 0 Å². The molecule has 1 atom stereocenters. The minimum Gasteiger partial charge on any atom is -0.484 e. The Hall–Kier alpha value is -1.59. The third-order valence-electron chi connectivity index (χ3n) is 4.95. The molecule has 0 saturated heterocycles. The molecule has 0 spiro atoms. The van der Waals surface area contributed by atoms with Crippen LogP contribution in [-0.2, 0) is 23.8 Å². The summed E-state index contributed by atoms with van der Waals surface area (Å²) in [5.41, 5.74) is -0.529. The Kier molecular flexibility index (Phi) is 11.2. The molecule has 6 heteroatoms. The molecule has 28 heavy (non-hydrogen) atoms. The van der Waals surface area contributed by atoms with E-state index in [0.29, 0.717) is 12.5 Å². The van der Waals surface area contributed by atoms with Gasteiger partial charge in [0.2, 0.25) is 0 Å². The minimum absolute atomic E-state index is 0.0928. The number of hydrogen-bond acceptors (Lipinski definition) is 6. The van der Waals surface area contributed by atoms with Gasteiger partial charge < -0.3 is 14.2 Å². The van der Waals surface area contributed by atoms with Crippen molar-refractivity contribution in [3.8, 4) is 0 Å². The molecule has 0 N–H and O–H groups in total. The smallest absolute Gasteiger partial charge is 0.327 e. The normalized spacial score (nSPS) is 17.1. The molecular weight excluding hydrogens is 358 g/mol. The maximum atomic E-state index is 12.4. The molecule has 0 aromatic heterocycles. The molecule has 0 aromatic rings. The van der Waals surface area contributed by atoms with Crippen LogP contribution in [0.5, 0.6) is 0 Å². The van der Waals surface area contributed by atoms with Crippen molar-refractivity contribution >= 4 is 17.8 Å². The van der Waals surface area contributed by atoms with Crippen molar-refractivity contribution in [1.82, 2.24) is 0 Å². The molecule has 1 aliphatic carbocycles. The average molecular weight is 398 g/mol. The zero-order valence-corrected chi connectivity index (χ0v) is 18.4. The highest BCUT2D eigenvalue weighted by molar-refractivity contribution is 5.85. The number of carbonyl (C=O) groups excluding carboxylic acids is 2. The summed E-state index contributed by atoms with van der Waals surface area (Å²) in [4.78, 5) is 28.3. The molecule has 1 unspecified atom stereocenters. The van der Waals surface area contributed by atoms with Crippen molar-refractivity contribution < 1.29 is 23.8 Å². The van der Waals surface area contributed by atoms with Gasteiger partial charge in [0, 0.05) is 5.92 Å². The Bertz CT molecular complexity index is 504. The Labute approximate surface area is 170 Å². The molecule has 0 radical (unpaired) electrons. The fourth-order valence-electron chi connectivity index (χ4n) is 3.74. The predicted octanol–water partition coefficient (Wildman–Crippen LogP) is 4.69. The van der Waals surface area contributed by atoms with E-state index in [2.05, 4.69) is 4.99 Å². The quantitative estimate of drug-likeness (QED) is 0.304. The number of ether oxygens (including phenoxy) is 3. The number of hydrogen-bond donors (Lipinski definition) is 0. The van der Waals surface area contributed by atoms with Gasteiger partial charge in [-0.2, -0.15) is 0 Å². The Morgan fingerprint density at radius 2 is 1.79 bits per heavy atom. The summed E-state index contributed by atoms with van der Waals surface area (Å²) < 4.78 is 15.9. The number of carbonyl (C=O) groups is 2. The van der Waals surface area contributed by atoms with Crippen LogP contribution in [0.4, 0.5) is 0 Å². The summed E-state index contributed by atoms with van der Waals surface area (Å²) in [6.07, 6.45) is 9.82. The molecule has 1 aliphatic rings. The summed E-state index contributed by atoms with van der Waals surface area (Å²) in [6, 6.07) is 0. The molecule has 162 valence electrons. The largest absolute Gasteiger partial charge is 0.484 e. The molecular formula is C22H39NO5. The molecule has 1 fully saturated rings. The number of methoxy groups -OCH3 is 1. The zero-order chi connectivity index (χ0) is 21.0. The van der Waals surface area contributed by atoms with Gasteiger partial charge in [0.15, 0.2) is 5.90 Å². The zero-order valence-electron chi connectivity index (χ0n) is 18.4. The van der Waals surface area contributed by atoms with Gasteiger partial charge in [-0.25, -0.2) is 4.99 Å². The summed E-state index contributed by atoms with van der Waals surface area (Å²) in [5, 5.41) is 0. The monoisotopic (exact) mass is 397 g/mol. The predicted molar refractivity (Wildman–Crippen MR) is 110 cm³/mol. The van der Waals surface area contributed by atoms with Gasteiger partial charge in [-0.05, 0) is 40.0 Å². The van der Waals surface area contributed by atoms with E-state index in [4.69, 9.17) is 14.2 Å². The first-order valence-electron chi connectivity index (χ1n) is 10.7. The van der Waals surface area contributed by atoms with Crippen molar-refractivity contribution in [2.45, 2.75) is 91.1 Å². The van der Waals surface area contributed by atoms with Crippen molar-refractivity contribution in [3.63, 3.8) is 0 Å². The maximum absolute atomic E-state index is 12.4. The second kappa shape index (κ2) is 12.8. The van der Waals surface area contributed by atoms with Gasteiger partial charge in [-0.3, -0.25) is 9.59 Å². The summed E-state index contributed by atoms with van der Waals surface area (Å²) in [6.45, 7) is 7.55. The number of aliphatic imine (C=N–C) groups is 1. The fourth-order valence-corrected chi connectivity index (χ4v) is 3.74. The lowest BCUT2D eigenvalue weighted by Gasteiger charge is -2.24. The van der Waals surface area contributed by atoms with Crippen LogP contribution in [-0.4, -0.2) is 43.7 Å². The first-order chi connectivity index (χ1) is 13.2. The van der Waals surface area contributed by atoms with Crippen molar-refractivity contribution in [2.75, 3.05) is 20.3 Å². The van der Waals surface area contributed by atoms with Crippen molar-refractivity contribution in [2.24, 2.45) is 16.8 Å². The highest BCUT2D eigenvalue weighted by atomic mass is 16.6. The van der Waals surface area contributed by atoms with E-state index in [0.717, 1.165) is 18.8 Å². The van der Waals surface area contributed by atoms with E-state index in [1.807, 2.05) is 20.8 Å². The third-order valence-corrected chi connectivity index (χ3v) is 4.95. The van der Waals surface area contributed by atoms with Crippen molar-refractivity contribution in [3.05, 3.63) is 0 Å². The van der Waals surface area contributed by atoms with Crippen LogP contribution in [0.3, 0.4) is 0 Å². The number of esters is 2. The standard InChI is InChI=1S/C22H39NO5/c1-6-27-20(25)16-23-21(26-5)18(15-19(24)28-22(2,3)4)14-10-13-17-11-8-7-9-12-17/h17-18H,6-16H2,1-5H3. The van der Waals surface area contributed by atoms with E-state index in [-0.39, 0.29) is 24.9 Å². The molecule has 6 nitrogen and oxygen atoms in total. The van der Waals surface area contributed by atoms with E-state index in [9.17, 15) is 9.59 Å². The Balaban J connectivity index is 2.71. The summed E-state index contributed by atoms with van der Waals surface area (Å²) in [7, 11) is 1.53. The Morgan fingerprint density at radius 3 is 2.36 bits per heavy atom. The average Bonchev–Trinajstić information content (AvgIpc) is 2.61. The topological polar surface area (TPSA) is 74.2 Å². The van der Waals surface area contributed by atoms with Crippen LogP contribution in [0.15, 0.2) is 4.99 Å². The molecule has 0 aromatic carbocycles. The number of nitrogens with zero attached hydrogens (tertiary/aromatic N) is 1. The molecule has 1 saturated carbocycles. The van der Waals surface area contributed by atoms with Gasteiger partial charge in [0.1, 0.15) is 12.1 Å². The SMILES string of the molecule is CCOC(=O)CN=C(OC)C(CCCC1CCCCC1)CC(=O)OC(C)(C)C. The minimum atomic E-state index is -0.529. The van der Waals surface area contributed by atoms with Gasteiger partial charge >= 0.3 is 11.9 Å². The van der Waals surface area contributed by atoms with Crippen LogP contribution in [0, 0.1) is 11.8 Å². The second-order valence-corrected chi connectivity index (χ2v) is 8.59. The first-order valence-corrected chi connectivity index (χ1v) is 10.7. The highest BCUT2D eigenvalue weighted by Crippen LogP contribution is 2.29. The lowest BCUT2D eigenvalue weighted by molar-refractivity contribution is -0.155. The lowest BCUT2D eigenvalue weighted by Crippen LogP contribution is -2.28. The van der Waals surface area contributed by atoms with E-state index in [1.54, 1.807) is 6.92 Å². The summed E-state index contributed by atoms with van der Waals surface area (Å²) in [5.74, 6) is 0.380. The lowest BCUT2D eigenvalue weighted by atomic mass is 9.84. The van der Waals surface area contributed by atoms with Crippen LogP contribution in [0.25, 0.3) is 0 Å².